The second-order valence-corrected chi connectivity index (χ2v) is 7.47. The van der Waals surface area contributed by atoms with Crippen molar-refractivity contribution in [2.75, 3.05) is 26.2 Å². The van der Waals surface area contributed by atoms with E-state index in [1.54, 1.807) is 0 Å². The summed E-state index contributed by atoms with van der Waals surface area (Å²) in [4.78, 5) is 2.65. The van der Waals surface area contributed by atoms with Crippen LogP contribution in [0.5, 0.6) is 0 Å². The van der Waals surface area contributed by atoms with Crippen molar-refractivity contribution in [1.29, 1.82) is 0 Å². The first-order valence-corrected chi connectivity index (χ1v) is 8.36. The fourth-order valence-corrected chi connectivity index (χ4v) is 3.64. The molecule has 0 amide bonds. The summed E-state index contributed by atoms with van der Waals surface area (Å²) in [5, 5.41) is 3.83. The Hall–Kier alpha value is -0.0800. The third-order valence-corrected chi connectivity index (χ3v) is 4.65. The van der Waals surface area contributed by atoms with Gasteiger partial charge in [-0.15, -0.1) is 0 Å². The van der Waals surface area contributed by atoms with Crippen molar-refractivity contribution in [2.24, 2.45) is 17.3 Å². The van der Waals surface area contributed by atoms with Crippen molar-refractivity contribution in [3.8, 4) is 0 Å². The molecule has 2 unspecified atom stereocenters. The fraction of sp³-hybridized carbons (Fsp3) is 1.00. The van der Waals surface area contributed by atoms with Crippen LogP contribution in [-0.2, 0) is 0 Å². The van der Waals surface area contributed by atoms with Crippen LogP contribution in [-0.4, -0.2) is 37.1 Å². The maximum atomic E-state index is 3.83. The molecule has 1 saturated carbocycles. The first-order valence-electron chi connectivity index (χ1n) is 8.36. The highest BCUT2D eigenvalue weighted by Crippen LogP contribution is 2.41. The third-order valence-electron chi connectivity index (χ3n) is 4.65. The molecule has 0 aliphatic heterocycles. The number of hydrogen-bond donors (Lipinski definition) is 1. The van der Waals surface area contributed by atoms with Gasteiger partial charge < -0.3 is 10.2 Å². The fourth-order valence-electron chi connectivity index (χ4n) is 3.64. The molecular weight excluding hydrogens is 232 g/mol. The van der Waals surface area contributed by atoms with E-state index in [4.69, 9.17) is 0 Å². The predicted octanol–water partition coefficient (Wildman–Crippen LogP) is 3.77. The smallest absolute Gasteiger partial charge is 0.0159 e. The van der Waals surface area contributed by atoms with Gasteiger partial charge >= 0.3 is 0 Å². The normalized spacial score (nSPS) is 26.5. The highest BCUT2D eigenvalue weighted by atomic mass is 15.1. The Kier molecular flexibility index (Phi) is 6.82. The highest BCUT2D eigenvalue weighted by molar-refractivity contribution is 4.97. The summed E-state index contributed by atoms with van der Waals surface area (Å²) >= 11 is 0. The Labute approximate surface area is 121 Å². The van der Waals surface area contributed by atoms with E-state index in [1.807, 2.05) is 0 Å². The van der Waals surface area contributed by atoms with Crippen LogP contribution in [0.1, 0.15) is 60.8 Å². The number of nitrogens with zero attached hydrogens (tertiary/aromatic N) is 1. The van der Waals surface area contributed by atoms with Crippen molar-refractivity contribution in [3.63, 3.8) is 0 Å². The predicted molar refractivity (Wildman–Crippen MR) is 85.5 cm³/mol. The van der Waals surface area contributed by atoms with Crippen molar-refractivity contribution in [2.45, 2.75) is 66.8 Å². The third kappa shape index (κ3) is 5.07. The Morgan fingerprint density at radius 3 is 2.47 bits per heavy atom. The SMILES string of the molecule is CCCNC1C(CN(CC)CC(C)C)CCC1(C)C. The van der Waals surface area contributed by atoms with Gasteiger partial charge in [0, 0.05) is 19.1 Å². The molecule has 0 aromatic rings. The lowest BCUT2D eigenvalue weighted by Gasteiger charge is -2.34. The molecule has 1 rings (SSSR count). The molecule has 2 atom stereocenters. The van der Waals surface area contributed by atoms with E-state index in [9.17, 15) is 0 Å². The summed E-state index contributed by atoms with van der Waals surface area (Å²) in [5.41, 5.74) is 0.469. The number of rotatable bonds is 8. The molecule has 0 spiro atoms. The lowest BCUT2D eigenvalue weighted by Crippen LogP contribution is -2.46. The molecule has 1 N–H and O–H groups in total. The van der Waals surface area contributed by atoms with Gasteiger partial charge in [-0.05, 0) is 49.6 Å². The van der Waals surface area contributed by atoms with E-state index < -0.39 is 0 Å². The van der Waals surface area contributed by atoms with Crippen molar-refractivity contribution in [3.05, 3.63) is 0 Å². The second kappa shape index (κ2) is 7.64. The topological polar surface area (TPSA) is 15.3 Å². The molecule has 0 aromatic carbocycles. The zero-order valence-corrected chi connectivity index (χ0v) is 14.1. The molecule has 0 heterocycles. The van der Waals surface area contributed by atoms with Crippen LogP contribution < -0.4 is 5.32 Å². The molecule has 1 fully saturated rings. The molecule has 2 nitrogen and oxygen atoms in total. The maximum absolute atomic E-state index is 3.83. The quantitative estimate of drug-likeness (QED) is 0.721. The molecular formula is C17H36N2. The molecule has 0 saturated heterocycles. The zero-order valence-electron chi connectivity index (χ0n) is 14.1. The average molecular weight is 268 g/mol. The summed E-state index contributed by atoms with van der Waals surface area (Å²) in [6, 6.07) is 0.702. The molecule has 114 valence electrons. The van der Waals surface area contributed by atoms with Crippen molar-refractivity contribution >= 4 is 0 Å². The van der Waals surface area contributed by atoms with Gasteiger partial charge in [0.15, 0.2) is 0 Å². The van der Waals surface area contributed by atoms with E-state index in [-0.39, 0.29) is 0 Å². The van der Waals surface area contributed by atoms with E-state index in [0.717, 1.165) is 11.8 Å². The van der Waals surface area contributed by atoms with Gasteiger partial charge in [0.25, 0.3) is 0 Å². The molecule has 0 aromatic heterocycles. The van der Waals surface area contributed by atoms with Gasteiger partial charge in [0.2, 0.25) is 0 Å². The van der Waals surface area contributed by atoms with Crippen molar-refractivity contribution in [1.82, 2.24) is 10.2 Å². The Balaban J connectivity index is 2.59. The summed E-state index contributed by atoms with van der Waals surface area (Å²) in [6.07, 6.45) is 4.00. The van der Waals surface area contributed by atoms with Crippen LogP contribution in [0.15, 0.2) is 0 Å². The maximum Gasteiger partial charge on any atom is 0.0159 e. The second-order valence-electron chi connectivity index (χ2n) is 7.47. The van der Waals surface area contributed by atoms with E-state index in [2.05, 4.69) is 51.8 Å². The van der Waals surface area contributed by atoms with Gasteiger partial charge in [-0.1, -0.05) is 41.5 Å². The zero-order chi connectivity index (χ0) is 14.5. The summed E-state index contributed by atoms with van der Waals surface area (Å²) < 4.78 is 0. The monoisotopic (exact) mass is 268 g/mol. The molecule has 0 bridgehead atoms. The molecule has 1 aliphatic carbocycles. The van der Waals surface area contributed by atoms with Crippen LogP contribution in [0.4, 0.5) is 0 Å². The number of hydrogen-bond acceptors (Lipinski definition) is 2. The van der Waals surface area contributed by atoms with Crippen molar-refractivity contribution < 1.29 is 0 Å². The van der Waals surface area contributed by atoms with Gasteiger partial charge in [-0.3, -0.25) is 0 Å². The Morgan fingerprint density at radius 1 is 1.26 bits per heavy atom. The lowest BCUT2D eigenvalue weighted by atomic mass is 9.84. The van der Waals surface area contributed by atoms with Crippen LogP contribution in [0.25, 0.3) is 0 Å². The minimum Gasteiger partial charge on any atom is -0.313 e. The minimum absolute atomic E-state index is 0.469. The highest BCUT2D eigenvalue weighted by Gasteiger charge is 2.41. The van der Waals surface area contributed by atoms with Crippen LogP contribution in [0, 0.1) is 17.3 Å². The van der Waals surface area contributed by atoms with Gasteiger partial charge in [-0.2, -0.15) is 0 Å². The van der Waals surface area contributed by atoms with Gasteiger partial charge in [-0.25, -0.2) is 0 Å². The largest absolute Gasteiger partial charge is 0.313 e. The van der Waals surface area contributed by atoms with Crippen LogP contribution in [0.3, 0.4) is 0 Å². The van der Waals surface area contributed by atoms with Crippen LogP contribution in [0.2, 0.25) is 0 Å². The van der Waals surface area contributed by atoms with Crippen LogP contribution >= 0.6 is 0 Å². The Morgan fingerprint density at radius 2 is 1.95 bits per heavy atom. The summed E-state index contributed by atoms with van der Waals surface area (Å²) in [5.74, 6) is 1.61. The lowest BCUT2D eigenvalue weighted by molar-refractivity contribution is 0.176. The molecule has 0 radical (unpaired) electrons. The first-order chi connectivity index (χ1) is 8.90. The standard InChI is InChI=1S/C17H36N2/c1-7-11-18-16-15(9-10-17(16,5)6)13-19(8-2)12-14(3)4/h14-16,18H,7-13H2,1-6H3. The first kappa shape index (κ1) is 17.0. The van der Waals surface area contributed by atoms with Gasteiger partial charge in [0.05, 0.1) is 0 Å². The van der Waals surface area contributed by atoms with E-state index in [0.29, 0.717) is 11.5 Å². The summed E-state index contributed by atoms with van der Waals surface area (Å²) in [7, 11) is 0. The molecule has 2 heteroatoms. The summed E-state index contributed by atoms with van der Waals surface area (Å²) in [6.45, 7) is 19.0. The molecule has 19 heavy (non-hydrogen) atoms. The average Bonchev–Trinajstić information content (AvgIpc) is 2.60. The Bertz CT molecular complexity index is 248. The van der Waals surface area contributed by atoms with Gasteiger partial charge in [0.1, 0.15) is 0 Å². The van der Waals surface area contributed by atoms with E-state index in [1.165, 1.54) is 45.4 Å². The number of nitrogens with one attached hydrogen (secondary N) is 1. The van der Waals surface area contributed by atoms with E-state index >= 15 is 0 Å². The molecule has 1 aliphatic rings. The minimum atomic E-state index is 0.469.